The average Bonchev–Trinajstić information content (AvgIpc) is 3.01. The van der Waals surface area contributed by atoms with Crippen LogP contribution in [0.4, 0.5) is 0 Å². The van der Waals surface area contributed by atoms with Crippen LogP contribution in [0.2, 0.25) is 5.15 Å². The first-order valence-corrected chi connectivity index (χ1v) is 8.17. The zero-order valence-electron chi connectivity index (χ0n) is 13.5. The number of fused-ring (bicyclic) bond motifs is 1. The van der Waals surface area contributed by atoms with Crippen LogP contribution in [0.25, 0.3) is 11.0 Å². The SMILES string of the molecule is CCC1CNC(c2c[nH]c3c(Cl)ncnc23)C1OC(C)(C)C. The Hall–Kier alpha value is -1.17. The topological polar surface area (TPSA) is 62.8 Å². The average molecular weight is 323 g/mol. The quantitative estimate of drug-likeness (QED) is 0.849. The fourth-order valence-electron chi connectivity index (χ4n) is 3.19. The Kier molecular flexibility index (Phi) is 4.14. The molecule has 0 aromatic carbocycles. The molecule has 2 N–H and O–H groups in total. The number of aromatic nitrogens is 3. The Labute approximate surface area is 135 Å². The third-order valence-electron chi connectivity index (χ3n) is 4.19. The summed E-state index contributed by atoms with van der Waals surface area (Å²) in [6.07, 6.45) is 4.69. The maximum Gasteiger partial charge on any atom is 0.156 e. The summed E-state index contributed by atoms with van der Waals surface area (Å²) in [5, 5.41) is 4.05. The molecule has 0 bridgehead atoms. The van der Waals surface area contributed by atoms with Crippen LogP contribution in [-0.4, -0.2) is 33.2 Å². The van der Waals surface area contributed by atoms with Crippen LogP contribution >= 0.6 is 11.6 Å². The van der Waals surface area contributed by atoms with E-state index < -0.39 is 0 Å². The summed E-state index contributed by atoms with van der Waals surface area (Å²) in [4.78, 5) is 11.6. The molecule has 0 saturated carbocycles. The molecule has 3 unspecified atom stereocenters. The Balaban J connectivity index is 1.99. The lowest BCUT2D eigenvalue weighted by molar-refractivity contribution is -0.0825. The van der Waals surface area contributed by atoms with E-state index in [1.165, 1.54) is 6.33 Å². The van der Waals surface area contributed by atoms with E-state index in [2.05, 4.69) is 48.0 Å². The van der Waals surface area contributed by atoms with Gasteiger partial charge >= 0.3 is 0 Å². The van der Waals surface area contributed by atoms with Crippen molar-refractivity contribution < 1.29 is 4.74 Å². The Bertz CT molecular complexity index is 664. The highest BCUT2D eigenvalue weighted by molar-refractivity contribution is 6.33. The third-order valence-corrected chi connectivity index (χ3v) is 4.48. The molecule has 120 valence electrons. The largest absolute Gasteiger partial charge is 0.370 e. The first-order valence-electron chi connectivity index (χ1n) is 7.79. The number of H-pyrrole nitrogens is 1. The van der Waals surface area contributed by atoms with Crippen molar-refractivity contribution in [2.45, 2.75) is 51.9 Å². The van der Waals surface area contributed by atoms with Gasteiger partial charge in [-0.1, -0.05) is 18.5 Å². The Morgan fingerprint density at radius 1 is 1.36 bits per heavy atom. The van der Waals surface area contributed by atoms with Crippen molar-refractivity contribution >= 4 is 22.6 Å². The molecular weight excluding hydrogens is 300 g/mol. The van der Waals surface area contributed by atoms with E-state index in [0.717, 1.165) is 29.6 Å². The van der Waals surface area contributed by atoms with Crippen molar-refractivity contribution in [2.75, 3.05) is 6.54 Å². The molecule has 22 heavy (non-hydrogen) atoms. The summed E-state index contributed by atoms with van der Waals surface area (Å²) in [6.45, 7) is 9.46. The van der Waals surface area contributed by atoms with Gasteiger partial charge in [0.05, 0.1) is 23.3 Å². The van der Waals surface area contributed by atoms with Crippen molar-refractivity contribution in [1.29, 1.82) is 0 Å². The van der Waals surface area contributed by atoms with Crippen LogP contribution in [-0.2, 0) is 4.74 Å². The highest BCUT2D eigenvalue weighted by Gasteiger charge is 2.40. The minimum Gasteiger partial charge on any atom is -0.370 e. The van der Waals surface area contributed by atoms with Gasteiger partial charge in [0.2, 0.25) is 0 Å². The second-order valence-electron chi connectivity index (χ2n) is 6.88. The summed E-state index contributed by atoms with van der Waals surface area (Å²) in [5.41, 5.74) is 2.58. The number of hydrogen-bond acceptors (Lipinski definition) is 4. The number of nitrogens with zero attached hydrogens (tertiary/aromatic N) is 2. The van der Waals surface area contributed by atoms with Gasteiger partial charge in [0.25, 0.3) is 0 Å². The van der Waals surface area contributed by atoms with Gasteiger partial charge in [0, 0.05) is 18.3 Å². The van der Waals surface area contributed by atoms with E-state index in [9.17, 15) is 0 Å². The fourth-order valence-corrected chi connectivity index (χ4v) is 3.37. The molecule has 1 saturated heterocycles. The van der Waals surface area contributed by atoms with E-state index >= 15 is 0 Å². The number of aromatic amines is 1. The van der Waals surface area contributed by atoms with Crippen LogP contribution in [0.15, 0.2) is 12.5 Å². The smallest absolute Gasteiger partial charge is 0.156 e. The van der Waals surface area contributed by atoms with Gasteiger partial charge in [0.1, 0.15) is 11.8 Å². The first-order chi connectivity index (χ1) is 10.4. The van der Waals surface area contributed by atoms with Crippen LogP contribution in [0.5, 0.6) is 0 Å². The molecule has 0 spiro atoms. The minimum atomic E-state index is -0.179. The van der Waals surface area contributed by atoms with Gasteiger partial charge < -0.3 is 15.0 Å². The van der Waals surface area contributed by atoms with Gasteiger partial charge in [-0.25, -0.2) is 9.97 Å². The first kappa shape index (κ1) is 15.7. The lowest BCUT2D eigenvalue weighted by atomic mass is 9.94. The highest BCUT2D eigenvalue weighted by Crippen LogP contribution is 2.37. The zero-order valence-corrected chi connectivity index (χ0v) is 14.2. The molecule has 1 fully saturated rings. The predicted molar refractivity (Wildman–Crippen MR) is 88.0 cm³/mol. The van der Waals surface area contributed by atoms with E-state index in [4.69, 9.17) is 16.3 Å². The lowest BCUT2D eigenvalue weighted by Gasteiger charge is -2.31. The fraction of sp³-hybridized carbons (Fsp3) is 0.625. The van der Waals surface area contributed by atoms with E-state index in [-0.39, 0.29) is 17.7 Å². The third kappa shape index (κ3) is 2.85. The summed E-state index contributed by atoms with van der Waals surface area (Å²) in [7, 11) is 0. The molecule has 3 rings (SSSR count). The number of hydrogen-bond donors (Lipinski definition) is 2. The molecule has 1 aliphatic rings. The van der Waals surface area contributed by atoms with Crippen LogP contribution in [0, 0.1) is 5.92 Å². The molecule has 2 aromatic heterocycles. The summed E-state index contributed by atoms with van der Waals surface area (Å²) in [5.74, 6) is 0.492. The molecular formula is C16H23ClN4O. The van der Waals surface area contributed by atoms with Crippen molar-refractivity contribution in [3.05, 3.63) is 23.2 Å². The standard InChI is InChI=1S/C16H23ClN4O/c1-5-9-6-18-12(14(9)22-16(2,3)4)10-7-19-13-11(10)20-8-21-15(13)17/h7-9,12,14,18-19H,5-6H2,1-4H3. The molecule has 6 heteroatoms. The van der Waals surface area contributed by atoms with Crippen molar-refractivity contribution in [3.8, 4) is 0 Å². The number of ether oxygens (including phenoxy) is 1. The molecule has 0 radical (unpaired) electrons. The normalized spacial score (nSPS) is 26.0. The molecule has 0 aliphatic carbocycles. The van der Waals surface area contributed by atoms with E-state index in [1.807, 2.05) is 6.20 Å². The van der Waals surface area contributed by atoms with Crippen molar-refractivity contribution in [1.82, 2.24) is 20.3 Å². The monoisotopic (exact) mass is 322 g/mol. The van der Waals surface area contributed by atoms with Gasteiger partial charge in [-0.2, -0.15) is 0 Å². The lowest BCUT2D eigenvalue weighted by Crippen LogP contribution is -2.34. The molecule has 3 heterocycles. The molecule has 2 aromatic rings. The van der Waals surface area contributed by atoms with Gasteiger partial charge in [0.15, 0.2) is 5.15 Å². The Morgan fingerprint density at radius 3 is 2.82 bits per heavy atom. The summed E-state index contributed by atoms with van der Waals surface area (Å²) < 4.78 is 6.36. The molecule has 1 aliphatic heterocycles. The second-order valence-corrected chi connectivity index (χ2v) is 7.24. The van der Waals surface area contributed by atoms with Crippen LogP contribution in [0.1, 0.15) is 45.7 Å². The summed E-state index contributed by atoms with van der Waals surface area (Å²) in [6, 6.07) is 0.115. The second kappa shape index (κ2) is 5.80. The zero-order chi connectivity index (χ0) is 15.9. The molecule has 3 atom stereocenters. The predicted octanol–water partition coefficient (Wildman–Crippen LogP) is 3.47. The molecule has 0 amide bonds. The number of nitrogens with one attached hydrogen (secondary N) is 2. The maximum absolute atomic E-state index is 6.36. The number of rotatable bonds is 3. The highest BCUT2D eigenvalue weighted by atomic mass is 35.5. The van der Waals surface area contributed by atoms with Gasteiger partial charge in [-0.3, -0.25) is 0 Å². The number of halogens is 1. The molecule has 5 nitrogen and oxygen atoms in total. The van der Waals surface area contributed by atoms with Gasteiger partial charge in [-0.05, 0) is 33.1 Å². The van der Waals surface area contributed by atoms with Crippen LogP contribution in [0.3, 0.4) is 0 Å². The summed E-state index contributed by atoms with van der Waals surface area (Å²) >= 11 is 6.14. The van der Waals surface area contributed by atoms with Crippen LogP contribution < -0.4 is 5.32 Å². The maximum atomic E-state index is 6.36. The van der Waals surface area contributed by atoms with Crippen molar-refractivity contribution in [2.24, 2.45) is 5.92 Å². The van der Waals surface area contributed by atoms with Gasteiger partial charge in [-0.15, -0.1) is 0 Å². The van der Waals surface area contributed by atoms with Crippen molar-refractivity contribution in [3.63, 3.8) is 0 Å². The minimum absolute atomic E-state index is 0.115. The van der Waals surface area contributed by atoms with E-state index in [1.54, 1.807) is 0 Å². The van der Waals surface area contributed by atoms with E-state index in [0.29, 0.717) is 11.1 Å². The Morgan fingerprint density at radius 2 is 2.14 bits per heavy atom.